The number of aliphatic hydroxyl groups excluding tert-OH is 1. The molecule has 0 fully saturated rings. The molecular weight excluding hydrogens is 262 g/mol. The van der Waals surface area contributed by atoms with Gasteiger partial charge in [-0.25, -0.2) is 8.78 Å². The van der Waals surface area contributed by atoms with Crippen LogP contribution < -0.4 is 4.74 Å². The molecule has 2 rings (SSSR count). The van der Waals surface area contributed by atoms with Crippen LogP contribution in [0.1, 0.15) is 30.6 Å². The Morgan fingerprint density at radius 2 is 1.75 bits per heavy atom. The second kappa shape index (κ2) is 6.48. The van der Waals surface area contributed by atoms with E-state index in [2.05, 4.69) is 0 Å². The summed E-state index contributed by atoms with van der Waals surface area (Å²) in [6.07, 6.45) is -0.0509. The molecule has 2 aromatic rings. The molecule has 0 spiro atoms. The van der Waals surface area contributed by atoms with Crippen molar-refractivity contribution in [3.05, 3.63) is 65.2 Å². The Hall–Kier alpha value is -1.94. The van der Waals surface area contributed by atoms with Crippen LogP contribution in [-0.4, -0.2) is 5.11 Å². The molecule has 20 heavy (non-hydrogen) atoms. The van der Waals surface area contributed by atoms with Gasteiger partial charge in [0, 0.05) is 11.6 Å². The van der Waals surface area contributed by atoms with Crippen LogP contribution in [0.2, 0.25) is 0 Å². The lowest BCUT2D eigenvalue weighted by atomic mass is 10.1. The van der Waals surface area contributed by atoms with Crippen LogP contribution >= 0.6 is 0 Å². The van der Waals surface area contributed by atoms with E-state index < -0.39 is 17.7 Å². The predicted molar refractivity (Wildman–Crippen MR) is 72.4 cm³/mol. The molecule has 1 atom stereocenters. The molecule has 0 aliphatic heterocycles. The van der Waals surface area contributed by atoms with Gasteiger partial charge >= 0.3 is 0 Å². The van der Waals surface area contributed by atoms with Crippen molar-refractivity contribution >= 4 is 0 Å². The van der Waals surface area contributed by atoms with E-state index in [4.69, 9.17) is 4.74 Å². The molecule has 0 radical (unpaired) electrons. The van der Waals surface area contributed by atoms with Gasteiger partial charge in [0.05, 0.1) is 6.10 Å². The van der Waals surface area contributed by atoms with Gasteiger partial charge in [0.15, 0.2) is 0 Å². The number of rotatable bonds is 5. The van der Waals surface area contributed by atoms with Crippen molar-refractivity contribution in [2.45, 2.75) is 26.1 Å². The van der Waals surface area contributed by atoms with Crippen molar-refractivity contribution in [1.82, 2.24) is 0 Å². The fourth-order valence-electron chi connectivity index (χ4n) is 1.96. The molecule has 0 aromatic heterocycles. The summed E-state index contributed by atoms with van der Waals surface area (Å²) < 4.78 is 31.7. The third-order valence-electron chi connectivity index (χ3n) is 2.98. The van der Waals surface area contributed by atoms with Crippen LogP contribution in [0, 0.1) is 11.6 Å². The number of aliphatic hydroxyl groups is 1. The summed E-state index contributed by atoms with van der Waals surface area (Å²) in [4.78, 5) is 0. The minimum Gasteiger partial charge on any atom is -0.489 e. The summed E-state index contributed by atoms with van der Waals surface area (Å²) in [5.74, 6) is -0.748. The average Bonchev–Trinajstić information content (AvgIpc) is 2.43. The summed E-state index contributed by atoms with van der Waals surface area (Å²) in [7, 11) is 0. The molecule has 0 aliphatic rings. The quantitative estimate of drug-likeness (QED) is 0.896. The largest absolute Gasteiger partial charge is 0.489 e. The fraction of sp³-hybridized carbons (Fsp3) is 0.250. The third kappa shape index (κ3) is 3.54. The van der Waals surface area contributed by atoms with Gasteiger partial charge in [0.1, 0.15) is 24.0 Å². The molecule has 0 aliphatic carbocycles. The zero-order valence-corrected chi connectivity index (χ0v) is 11.1. The third-order valence-corrected chi connectivity index (χ3v) is 2.98. The Labute approximate surface area is 116 Å². The highest BCUT2D eigenvalue weighted by Gasteiger charge is 2.11. The maximum Gasteiger partial charge on any atom is 0.126 e. The molecule has 4 heteroatoms. The Balaban J connectivity index is 2.14. The van der Waals surface area contributed by atoms with Crippen LogP contribution in [0.3, 0.4) is 0 Å². The topological polar surface area (TPSA) is 29.5 Å². The summed E-state index contributed by atoms with van der Waals surface area (Å²) in [5, 5.41) is 9.90. The molecule has 2 nitrogen and oxygen atoms in total. The van der Waals surface area contributed by atoms with E-state index in [0.717, 1.165) is 6.07 Å². The maximum atomic E-state index is 13.1. The molecule has 1 N–H and O–H groups in total. The molecular formula is C16H16F2O2. The Morgan fingerprint density at radius 1 is 1.10 bits per heavy atom. The number of hydrogen-bond donors (Lipinski definition) is 1. The SMILES string of the molecule is CCC(O)c1ccccc1OCc1cc(F)cc(F)c1. The first kappa shape index (κ1) is 14.5. The van der Waals surface area contributed by atoms with Gasteiger partial charge < -0.3 is 9.84 Å². The summed E-state index contributed by atoms with van der Waals surface area (Å²) in [6.45, 7) is 1.91. The van der Waals surface area contributed by atoms with E-state index >= 15 is 0 Å². The highest BCUT2D eigenvalue weighted by atomic mass is 19.1. The molecule has 0 saturated heterocycles. The van der Waals surface area contributed by atoms with E-state index in [-0.39, 0.29) is 6.61 Å². The van der Waals surface area contributed by atoms with E-state index in [9.17, 15) is 13.9 Å². The molecule has 0 saturated carbocycles. The van der Waals surface area contributed by atoms with Crippen LogP contribution in [0.4, 0.5) is 8.78 Å². The second-order valence-electron chi connectivity index (χ2n) is 4.53. The van der Waals surface area contributed by atoms with E-state index in [1.807, 2.05) is 13.0 Å². The maximum absolute atomic E-state index is 13.1. The highest BCUT2D eigenvalue weighted by Crippen LogP contribution is 2.27. The Bertz CT molecular complexity index is 564. The van der Waals surface area contributed by atoms with Crippen molar-refractivity contribution in [2.75, 3.05) is 0 Å². The molecule has 1 unspecified atom stereocenters. The van der Waals surface area contributed by atoms with Crippen molar-refractivity contribution in [1.29, 1.82) is 0 Å². The number of halogens is 2. The first-order chi connectivity index (χ1) is 9.60. The smallest absolute Gasteiger partial charge is 0.126 e. The van der Waals surface area contributed by atoms with Crippen molar-refractivity contribution < 1.29 is 18.6 Å². The standard InChI is InChI=1S/C16H16F2O2/c1-2-15(19)14-5-3-4-6-16(14)20-10-11-7-12(17)9-13(18)8-11/h3-9,15,19H,2,10H2,1H3. The predicted octanol–water partition coefficient (Wildman–Crippen LogP) is 3.99. The monoisotopic (exact) mass is 278 g/mol. The molecule has 0 bridgehead atoms. The average molecular weight is 278 g/mol. The van der Waals surface area contributed by atoms with Gasteiger partial charge in [-0.1, -0.05) is 25.1 Å². The van der Waals surface area contributed by atoms with Crippen LogP contribution in [-0.2, 0) is 6.61 Å². The van der Waals surface area contributed by atoms with Gasteiger partial charge in [-0.2, -0.15) is 0 Å². The fourth-order valence-corrected chi connectivity index (χ4v) is 1.96. The minimum atomic E-state index is -0.634. The summed E-state index contributed by atoms with van der Waals surface area (Å²) in [5.41, 5.74) is 1.08. The first-order valence-electron chi connectivity index (χ1n) is 6.45. The lowest BCUT2D eigenvalue weighted by molar-refractivity contribution is 0.166. The number of hydrogen-bond acceptors (Lipinski definition) is 2. The Kier molecular flexibility index (Phi) is 4.69. The summed E-state index contributed by atoms with van der Waals surface area (Å²) in [6, 6.07) is 10.4. The van der Waals surface area contributed by atoms with Crippen LogP contribution in [0.5, 0.6) is 5.75 Å². The molecule has 0 amide bonds. The Morgan fingerprint density at radius 3 is 2.40 bits per heavy atom. The molecule has 0 heterocycles. The second-order valence-corrected chi connectivity index (χ2v) is 4.53. The number of para-hydroxylation sites is 1. The van der Waals surface area contributed by atoms with Crippen LogP contribution in [0.25, 0.3) is 0 Å². The lowest BCUT2D eigenvalue weighted by Crippen LogP contribution is -2.03. The van der Waals surface area contributed by atoms with Gasteiger partial charge in [-0.3, -0.25) is 0 Å². The van der Waals surface area contributed by atoms with E-state index in [0.29, 0.717) is 23.3 Å². The van der Waals surface area contributed by atoms with Crippen molar-refractivity contribution in [2.24, 2.45) is 0 Å². The van der Waals surface area contributed by atoms with Crippen LogP contribution in [0.15, 0.2) is 42.5 Å². The molecule has 106 valence electrons. The van der Waals surface area contributed by atoms with Gasteiger partial charge in [0.2, 0.25) is 0 Å². The van der Waals surface area contributed by atoms with E-state index in [1.54, 1.807) is 18.2 Å². The normalized spacial score (nSPS) is 12.2. The van der Waals surface area contributed by atoms with Gasteiger partial charge in [-0.15, -0.1) is 0 Å². The lowest BCUT2D eigenvalue weighted by Gasteiger charge is -2.15. The van der Waals surface area contributed by atoms with Crippen molar-refractivity contribution in [3.63, 3.8) is 0 Å². The van der Waals surface area contributed by atoms with Gasteiger partial charge in [-0.05, 0) is 30.2 Å². The zero-order valence-electron chi connectivity index (χ0n) is 11.1. The zero-order chi connectivity index (χ0) is 14.5. The summed E-state index contributed by atoms with van der Waals surface area (Å²) >= 11 is 0. The highest BCUT2D eigenvalue weighted by molar-refractivity contribution is 5.35. The van der Waals surface area contributed by atoms with E-state index in [1.165, 1.54) is 12.1 Å². The first-order valence-corrected chi connectivity index (χ1v) is 6.45. The number of ether oxygens (including phenoxy) is 1. The van der Waals surface area contributed by atoms with Gasteiger partial charge in [0.25, 0.3) is 0 Å². The molecule has 2 aromatic carbocycles. The van der Waals surface area contributed by atoms with Crippen molar-refractivity contribution in [3.8, 4) is 5.75 Å². The minimum absolute atomic E-state index is 0.0438. The number of benzene rings is 2.